The second kappa shape index (κ2) is 5.61. The van der Waals surface area contributed by atoms with Crippen molar-refractivity contribution in [3.63, 3.8) is 0 Å². The smallest absolute Gasteiger partial charge is 0.269 e. The minimum absolute atomic E-state index is 0.0352. The van der Waals surface area contributed by atoms with Gasteiger partial charge >= 0.3 is 0 Å². The van der Waals surface area contributed by atoms with E-state index in [4.69, 9.17) is 16.3 Å². The van der Waals surface area contributed by atoms with Crippen LogP contribution in [0.4, 0.5) is 5.69 Å². The molecule has 2 heterocycles. The van der Waals surface area contributed by atoms with E-state index in [1.54, 1.807) is 12.5 Å². The quantitative estimate of drug-likeness (QED) is 0.545. The van der Waals surface area contributed by atoms with E-state index in [1.807, 2.05) is 17.7 Å². The van der Waals surface area contributed by atoms with Crippen LogP contribution in [0.1, 0.15) is 5.56 Å². The number of fused-ring (bicyclic) bond motifs is 1. The van der Waals surface area contributed by atoms with E-state index < -0.39 is 4.92 Å². The Morgan fingerprint density at radius 2 is 2.18 bits per heavy atom. The molecule has 0 amide bonds. The molecule has 7 nitrogen and oxygen atoms in total. The highest BCUT2D eigenvalue weighted by Gasteiger charge is 2.12. The molecule has 0 aliphatic carbocycles. The van der Waals surface area contributed by atoms with Crippen molar-refractivity contribution in [2.75, 3.05) is 0 Å². The van der Waals surface area contributed by atoms with Gasteiger partial charge in [0.2, 0.25) is 5.88 Å². The van der Waals surface area contributed by atoms with E-state index in [0.717, 1.165) is 5.52 Å². The highest BCUT2D eigenvalue weighted by molar-refractivity contribution is 6.31. The molecule has 0 fully saturated rings. The third-order valence-corrected chi connectivity index (χ3v) is 3.58. The minimum Gasteiger partial charge on any atom is -0.471 e. The zero-order chi connectivity index (χ0) is 15.7. The summed E-state index contributed by atoms with van der Waals surface area (Å²) < 4.78 is 7.49. The normalized spacial score (nSPS) is 10.8. The van der Waals surface area contributed by atoms with Crippen molar-refractivity contribution < 1.29 is 9.66 Å². The average molecular weight is 319 g/mol. The number of halogens is 1. The monoisotopic (exact) mass is 318 g/mol. The van der Waals surface area contributed by atoms with Crippen molar-refractivity contribution in [2.45, 2.75) is 6.61 Å². The first kappa shape index (κ1) is 14.3. The van der Waals surface area contributed by atoms with Gasteiger partial charge in [-0.05, 0) is 12.1 Å². The molecule has 0 bridgehead atoms. The summed E-state index contributed by atoms with van der Waals surface area (Å²) in [6, 6.07) is 6.05. The van der Waals surface area contributed by atoms with Gasteiger partial charge in [-0.15, -0.1) is 0 Å². The Morgan fingerprint density at radius 1 is 1.36 bits per heavy atom. The number of nitrogens with zero attached hydrogens (tertiary/aromatic N) is 4. The number of pyridine rings is 1. The van der Waals surface area contributed by atoms with Gasteiger partial charge in [0.25, 0.3) is 5.69 Å². The van der Waals surface area contributed by atoms with Crippen molar-refractivity contribution in [1.29, 1.82) is 0 Å². The second-order valence-corrected chi connectivity index (χ2v) is 5.07. The number of rotatable bonds is 4. The lowest BCUT2D eigenvalue weighted by atomic mass is 10.2. The standard InChI is InChI=1S/C14H11ClN4O3/c1-18-8-17-13-12(18)4-5-16-14(13)22-7-9-6-10(19(20)21)2-3-11(9)15/h2-6,8H,7H2,1H3. The van der Waals surface area contributed by atoms with Crippen molar-refractivity contribution in [3.8, 4) is 5.88 Å². The van der Waals surface area contributed by atoms with E-state index in [9.17, 15) is 10.1 Å². The summed E-state index contributed by atoms with van der Waals surface area (Å²) in [5.74, 6) is 0.362. The lowest BCUT2D eigenvalue weighted by Gasteiger charge is -2.07. The number of aryl methyl sites for hydroxylation is 1. The van der Waals surface area contributed by atoms with E-state index in [1.165, 1.54) is 18.2 Å². The van der Waals surface area contributed by atoms with Crippen LogP contribution in [0.5, 0.6) is 5.88 Å². The van der Waals surface area contributed by atoms with Crippen molar-refractivity contribution >= 4 is 28.3 Å². The maximum absolute atomic E-state index is 10.8. The molecule has 22 heavy (non-hydrogen) atoms. The molecular weight excluding hydrogens is 308 g/mol. The number of hydrogen-bond donors (Lipinski definition) is 0. The SMILES string of the molecule is Cn1cnc2c(OCc3cc([N+](=O)[O-])ccc3Cl)nccc21. The third-order valence-electron chi connectivity index (χ3n) is 3.21. The van der Waals surface area contributed by atoms with Crippen molar-refractivity contribution in [1.82, 2.24) is 14.5 Å². The Kier molecular flexibility index (Phi) is 3.64. The highest BCUT2D eigenvalue weighted by atomic mass is 35.5. The fourth-order valence-electron chi connectivity index (χ4n) is 2.07. The molecule has 0 aliphatic rings. The molecule has 112 valence electrons. The van der Waals surface area contributed by atoms with Gasteiger partial charge in [-0.2, -0.15) is 0 Å². The van der Waals surface area contributed by atoms with Gasteiger partial charge in [0.1, 0.15) is 6.61 Å². The molecule has 0 radical (unpaired) electrons. The van der Waals surface area contributed by atoms with Crippen LogP contribution < -0.4 is 4.74 Å². The summed E-state index contributed by atoms with van der Waals surface area (Å²) in [7, 11) is 1.87. The molecule has 0 saturated carbocycles. The van der Waals surface area contributed by atoms with Crippen LogP contribution in [0.25, 0.3) is 11.0 Å². The van der Waals surface area contributed by atoms with Gasteiger partial charge in [0.15, 0.2) is 5.52 Å². The van der Waals surface area contributed by atoms with Crippen LogP contribution in [0.3, 0.4) is 0 Å². The number of aromatic nitrogens is 3. The van der Waals surface area contributed by atoms with Gasteiger partial charge in [0, 0.05) is 36.0 Å². The zero-order valence-corrected chi connectivity index (χ0v) is 12.3. The molecule has 0 atom stereocenters. The lowest BCUT2D eigenvalue weighted by molar-refractivity contribution is -0.384. The fourth-order valence-corrected chi connectivity index (χ4v) is 2.25. The first-order valence-corrected chi connectivity index (χ1v) is 6.75. The number of benzene rings is 1. The van der Waals surface area contributed by atoms with Gasteiger partial charge < -0.3 is 9.30 Å². The summed E-state index contributed by atoms with van der Waals surface area (Å²) in [6.45, 7) is 0.0726. The minimum atomic E-state index is -0.475. The summed E-state index contributed by atoms with van der Waals surface area (Å²) in [5.41, 5.74) is 2.00. The van der Waals surface area contributed by atoms with Crippen LogP contribution in [-0.2, 0) is 13.7 Å². The molecule has 0 spiro atoms. The molecule has 1 aromatic carbocycles. The second-order valence-electron chi connectivity index (χ2n) is 4.66. The summed E-state index contributed by atoms with van der Waals surface area (Å²) in [6.07, 6.45) is 3.29. The average Bonchev–Trinajstić information content (AvgIpc) is 2.88. The van der Waals surface area contributed by atoms with Crippen LogP contribution >= 0.6 is 11.6 Å². The van der Waals surface area contributed by atoms with E-state index in [-0.39, 0.29) is 12.3 Å². The largest absolute Gasteiger partial charge is 0.471 e. The van der Waals surface area contributed by atoms with Gasteiger partial charge in [-0.1, -0.05) is 11.6 Å². The Bertz CT molecular complexity index is 862. The number of hydrogen-bond acceptors (Lipinski definition) is 5. The Morgan fingerprint density at radius 3 is 2.95 bits per heavy atom. The highest BCUT2D eigenvalue weighted by Crippen LogP contribution is 2.25. The summed E-state index contributed by atoms with van der Waals surface area (Å²) in [4.78, 5) is 18.7. The van der Waals surface area contributed by atoms with Crippen LogP contribution in [0.15, 0.2) is 36.8 Å². The molecule has 3 aromatic rings. The van der Waals surface area contributed by atoms with E-state index >= 15 is 0 Å². The predicted molar refractivity (Wildman–Crippen MR) is 80.9 cm³/mol. The topological polar surface area (TPSA) is 83.1 Å². The first-order valence-electron chi connectivity index (χ1n) is 6.38. The maximum Gasteiger partial charge on any atom is 0.269 e. The Labute approximate surface area is 130 Å². The number of ether oxygens (including phenoxy) is 1. The fraction of sp³-hybridized carbons (Fsp3) is 0.143. The molecule has 8 heteroatoms. The lowest BCUT2D eigenvalue weighted by Crippen LogP contribution is -2.00. The molecular formula is C14H11ClN4O3. The maximum atomic E-state index is 10.8. The van der Waals surface area contributed by atoms with Crippen LogP contribution in [-0.4, -0.2) is 19.5 Å². The molecule has 0 unspecified atom stereocenters. The van der Waals surface area contributed by atoms with Gasteiger partial charge in [0.05, 0.1) is 16.8 Å². The third kappa shape index (κ3) is 2.58. The molecule has 0 aliphatic heterocycles. The number of imidazole rings is 1. The predicted octanol–water partition coefficient (Wildman–Crippen LogP) is 3.11. The van der Waals surface area contributed by atoms with Gasteiger partial charge in [-0.25, -0.2) is 9.97 Å². The van der Waals surface area contributed by atoms with Crippen LogP contribution in [0.2, 0.25) is 5.02 Å². The van der Waals surface area contributed by atoms with Crippen molar-refractivity contribution in [3.05, 3.63) is 57.5 Å². The summed E-state index contributed by atoms with van der Waals surface area (Å²) in [5, 5.41) is 11.2. The van der Waals surface area contributed by atoms with E-state index in [0.29, 0.717) is 22.0 Å². The van der Waals surface area contributed by atoms with Crippen LogP contribution in [0, 0.1) is 10.1 Å². The zero-order valence-electron chi connectivity index (χ0n) is 11.6. The molecule has 3 rings (SSSR count). The molecule has 0 N–H and O–H groups in total. The Hall–Kier alpha value is -2.67. The number of nitro benzene ring substituents is 1. The number of nitro groups is 1. The summed E-state index contributed by atoms with van der Waals surface area (Å²) >= 11 is 6.05. The first-order chi connectivity index (χ1) is 10.6. The molecule has 0 saturated heterocycles. The Balaban J connectivity index is 1.88. The number of non-ortho nitro benzene ring substituents is 1. The van der Waals surface area contributed by atoms with Crippen molar-refractivity contribution in [2.24, 2.45) is 7.05 Å². The van der Waals surface area contributed by atoms with Gasteiger partial charge in [-0.3, -0.25) is 10.1 Å². The van der Waals surface area contributed by atoms with E-state index in [2.05, 4.69) is 9.97 Å². The molecule has 2 aromatic heterocycles.